The number of imidazole rings is 2. The monoisotopic (exact) mass is 719 g/mol. The van der Waals surface area contributed by atoms with Crippen molar-refractivity contribution in [1.29, 1.82) is 0 Å². The number of benzene rings is 3. The van der Waals surface area contributed by atoms with Gasteiger partial charge in [-0.2, -0.15) is 8.78 Å². The van der Waals surface area contributed by atoms with E-state index in [0.29, 0.717) is 34.1 Å². The number of pyridine rings is 1. The van der Waals surface area contributed by atoms with Gasteiger partial charge in [0.05, 0.1) is 59.1 Å². The maximum absolute atomic E-state index is 14.2. The van der Waals surface area contributed by atoms with Crippen LogP contribution in [-0.2, 0) is 0 Å². The molecule has 0 atom stereocenters. The Bertz CT molecular complexity index is 2710. The summed E-state index contributed by atoms with van der Waals surface area (Å²) in [5, 5.41) is 0. The van der Waals surface area contributed by atoms with Crippen molar-refractivity contribution in [3.05, 3.63) is 107 Å². The fourth-order valence-corrected chi connectivity index (χ4v) is 6.85. The van der Waals surface area contributed by atoms with Gasteiger partial charge in [-0.05, 0) is 58.7 Å². The van der Waals surface area contributed by atoms with Crippen LogP contribution in [0.1, 0.15) is 33.9 Å². The van der Waals surface area contributed by atoms with E-state index < -0.39 is 12.4 Å². The molecule has 8 aromatic rings. The average Bonchev–Trinajstić information content (AvgIpc) is 3.66. The molecule has 0 saturated carbocycles. The number of rotatable bonds is 6. The van der Waals surface area contributed by atoms with Crippen LogP contribution in [0.15, 0.2) is 67.0 Å². The zero-order chi connectivity index (χ0) is 37.7. The lowest BCUT2D eigenvalue weighted by molar-refractivity contribution is -0.0490. The number of methoxy groups -OCH3 is 2. The highest BCUT2D eigenvalue weighted by atomic mass is 19.3. The zero-order valence-corrected chi connectivity index (χ0v) is 30.4. The highest BCUT2D eigenvalue weighted by Crippen LogP contribution is 2.36. The molecular formula is C40H36F3N7O3. The maximum atomic E-state index is 14.2. The average molecular weight is 720 g/mol. The van der Waals surface area contributed by atoms with Crippen molar-refractivity contribution in [3.63, 3.8) is 0 Å². The van der Waals surface area contributed by atoms with Crippen molar-refractivity contribution in [2.45, 2.75) is 48.2 Å². The molecule has 10 nitrogen and oxygen atoms in total. The molecule has 0 aliphatic rings. The first-order valence-corrected chi connectivity index (χ1v) is 16.7. The van der Waals surface area contributed by atoms with Crippen molar-refractivity contribution in [1.82, 2.24) is 33.7 Å². The van der Waals surface area contributed by atoms with E-state index in [-0.39, 0.29) is 11.3 Å². The summed E-state index contributed by atoms with van der Waals surface area (Å²) in [5.41, 5.74) is 11.0. The van der Waals surface area contributed by atoms with Gasteiger partial charge in [-0.15, -0.1) is 0 Å². The molecule has 3 aromatic carbocycles. The normalized spacial score (nSPS) is 11.5. The van der Waals surface area contributed by atoms with Crippen LogP contribution in [0.4, 0.5) is 13.2 Å². The molecule has 53 heavy (non-hydrogen) atoms. The van der Waals surface area contributed by atoms with Crippen LogP contribution in [0.2, 0.25) is 0 Å². The van der Waals surface area contributed by atoms with Gasteiger partial charge in [-0.1, -0.05) is 24.3 Å². The largest absolute Gasteiger partial charge is 0.497 e. The Morgan fingerprint density at radius 1 is 0.623 bits per heavy atom. The highest BCUT2D eigenvalue weighted by molar-refractivity contribution is 5.90. The molecule has 270 valence electrons. The van der Waals surface area contributed by atoms with Crippen LogP contribution in [0, 0.1) is 47.4 Å². The molecule has 0 radical (unpaired) electrons. The van der Waals surface area contributed by atoms with Gasteiger partial charge in [-0.25, -0.2) is 24.3 Å². The van der Waals surface area contributed by atoms with E-state index >= 15 is 0 Å². The molecule has 0 spiro atoms. The number of fused-ring (bicyclic) bond motifs is 6. The Morgan fingerprint density at radius 3 is 1.77 bits per heavy atom. The summed E-state index contributed by atoms with van der Waals surface area (Å²) in [5.74, 6) is 1.84. The molecule has 0 bridgehead atoms. The van der Waals surface area contributed by atoms with E-state index in [0.717, 1.165) is 67.8 Å². The van der Waals surface area contributed by atoms with Gasteiger partial charge < -0.3 is 14.2 Å². The van der Waals surface area contributed by atoms with Crippen molar-refractivity contribution in [3.8, 4) is 40.0 Å². The molecule has 0 aliphatic carbocycles. The van der Waals surface area contributed by atoms with E-state index in [2.05, 4.69) is 31.0 Å². The fourth-order valence-electron chi connectivity index (χ4n) is 6.85. The summed E-state index contributed by atoms with van der Waals surface area (Å²) in [6, 6.07) is 15.7. The Kier molecular flexibility index (Phi) is 9.10. The van der Waals surface area contributed by atoms with Crippen LogP contribution in [0.5, 0.6) is 17.2 Å². The van der Waals surface area contributed by atoms with Crippen molar-refractivity contribution < 1.29 is 27.4 Å². The molecule has 0 aliphatic heterocycles. The molecule has 13 heteroatoms. The SMILES string of the molecule is COc1cc(OC)c2nc(C)c3c(C)nc(-c4cnccc4C)n3c2c1.Cc1ccccc1-c1nc(C)c2c(C)nc3c(OC(F)F)cc(F)cc3n12. The summed E-state index contributed by atoms with van der Waals surface area (Å²) >= 11 is 0. The highest BCUT2D eigenvalue weighted by Gasteiger charge is 2.22. The van der Waals surface area contributed by atoms with Crippen LogP contribution >= 0.6 is 0 Å². The van der Waals surface area contributed by atoms with E-state index in [4.69, 9.17) is 19.4 Å². The molecule has 0 unspecified atom stereocenters. The predicted octanol–water partition coefficient (Wildman–Crippen LogP) is 9.10. The Hall–Kier alpha value is -6.24. The first-order chi connectivity index (χ1) is 25.4. The molecule has 8 rings (SSSR count). The van der Waals surface area contributed by atoms with Gasteiger partial charge in [0.1, 0.15) is 40.0 Å². The smallest absolute Gasteiger partial charge is 0.387 e. The van der Waals surface area contributed by atoms with E-state index in [1.807, 2.05) is 76.4 Å². The number of aryl methyl sites for hydroxylation is 6. The molecule has 5 heterocycles. The van der Waals surface area contributed by atoms with E-state index in [9.17, 15) is 13.2 Å². The number of nitrogens with zero attached hydrogens (tertiary/aromatic N) is 7. The maximum Gasteiger partial charge on any atom is 0.387 e. The lowest BCUT2D eigenvalue weighted by Gasteiger charge is -2.13. The minimum absolute atomic E-state index is 0.161. The van der Waals surface area contributed by atoms with Crippen LogP contribution in [0.3, 0.4) is 0 Å². The topological polar surface area (TPSA) is 101 Å². The van der Waals surface area contributed by atoms with Gasteiger partial charge in [0.15, 0.2) is 5.75 Å². The van der Waals surface area contributed by atoms with E-state index in [1.165, 1.54) is 6.07 Å². The lowest BCUT2D eigenvalue weighted by atomic mass is 10.1. The summed E-state index contributed by atoms with van der Waals surface area (Å²) in [6.45, 7) is 8.54. The van der Waals surface area contributed by atoms with Crippen molar-refractivity contribution in [2.24, 2.45) is 0 Å². The Morgan fingerprint density at radius 2 is 1.19 bits per heavy atom. The second-order valence-electron chi connectivity index (χ2n) is 12.7. The first-order valence-electron chi connectivity index (χ1n) is 16.7. The minimum Gasteiger partial charge on any atom is -0.497 e. The van der Waals surface area contributed by atoms with Gasteiger partial charge in [-0.3, -0.25) is 13.8 Å². The molecule has 0 saturated heterocycles. The van der Waals surface area contributed by atoms with Gasteiger partial charge >= 0.3 is 6.61 Å². The number of ether oxygens (including phenoxy) is 3. The quantitative estimate of drug-likeness (QED) is 0.168. The third kappa shape index (κ3) is 6.11. The third-order valence-corrected chi connectivity index (χ3v) is 9.22. The Labute approximate surface area is 302 Å². The second-order valence-corrected chi connectivity index (χ2v) is 12.7. The van der Waals surface area contributed by atoms with Gasteiger partial charge in [0.2, 0.25) is 0 Å². The number of aromatic nitrogens is 7. The molecule has 5 aromatic heterocycles. The number of alkyl halides is 2. The van der Waals surface area contributed by atoms with Crippen molar-refractivity contribution in [2.75, 3.05) is 14.2 Å². The zero-order valence-electron chi connectivity index (χ0n) is 30.4. The van der Waals surface area contributed by atoms with Crippen LogP contribution in [0.25, 0.3) is 55.9 Å². The third-order valence-electron chi connectivity index (χ3n) is 9.22. The number of hydrogen-bond donors (Lipinski definition) is 0. The lowest BCUT2D eigenvalue weighted by Crippen LogP contribution is -2.06. The summed E-state index contributed by atoms with van der Waals surface area (Å²) in [6.07, 6.45) is 3.64. The second kappa shape index (κ2) is 13.7. The molecule has 0 amide bonds. The summed E-state index contributed by atoms with van der Waals surface area (Å²) in [7, 11) is 3.28. The van der Waals surface area contributed by atoms with Crippen LogP contribution < -0.4 is 14.2 Å². The van der Waals surface area contributed by atoms with Crippen molar-refractivity contribution >= 4 is 33.1 Å². The summed E-state index contributed by atoms with van der Waals surface area (Å²) < 4.78 is 59.3. The fraction of sp³-hybridized carbons (Fsp3) is 0.225. The van der Waals surface area contributed by atoms with Gasteiger partial charge in [0, 0.05) is 47.8 Å². The van der Waals surface area contributed by atoms with Crippen LogP contribution in [-0.4, -0.2) is 54.6 Å². The molecule has 0 fully saturated rings. The van der Waals surface area contributed by atoms with Gasteiger partial charge in [0.25, 0.3) is 0 Å². The van der Waals surface area contributed by atoms with E-state index in [1.54, 1.807) is 31.7 Å². The standard InChI is InChI=1S/C20H16F3N3O.C20H20N4O2/c1-10-6-4-5-7-14(10)19-25-12(3)18-11(2)24-17-15(26(18)19)8-13(21)9-16(17)27-20(22)23;1-11-6-7-21-10-15(11)20-23-13(3)19-12(2)22-18-16(24(19)20)8-14(25-4)9-17(18)26-5/h4-9,20H,1-3H3;6-10H,1-5H3. The first kappa shape index (κ1) is 35.2. The number of halogens is 3. The summed E-state index contributed by atoms with van der Waals surface area (Å²) in [4.78, 5) is 23.0. The molecule has 0 N–H and O–H groups in total. The molecular weight excluding hydrogens is 683 g/mol. The Balaban J connectivity index is 0.000000164. The predicted molar refractivity (Wildman–Crippen MR) is 198 cm³/mol. The minimum atomic E-state index is -3.08. The number of hydrogen-bond acceptors (Lipinski definition) is 8.